The number of alkyl halides is 3. The Labute approximate surface area is 77.7 Å². The van der Waals surface area contributed by atoms with E-state index >= 15 is 0 Å². The van der Waals surface area contributed by atoms with Crippen LogP contribution in [0.1, 0.15) is 5.69 Å². The van der Waals surface area contributed by atoms with Gasteiger partial charge in [0.2, 0.25) is 0 Å². The van der Waals surface area contributed by atoms with Crippen molar-refractivity contribution in [3.05, 3.63) is 24.0 Å². The summed E-state index contributed by atoms with van der Waals surface area (Å²) in [5, 5.41) is 12.0. The average molecular weight is 205 g/mol. The lowest BCUT2D eigenvalue weighted by Gasteiger charge is -2.05. The van der Waals surface area contributed by atoms with E-state index in [0.29, 0.717) is 5.75 Å². The van der Waals surface area contributed by atoms with Crippen LogP contribution in [-0.2, 0) is 6.18 Å². The smallest absolute Gasteiger partial charge is 0.433 e. The molecule has 0 radical (unpaired) electrons. The Bertz CT molecular complexity index is 293. The van der Waals surface area contributed by atoms with Crippen molar-refractivity contribution in [2.75, 3.05) is 7.11 Å². The van der Waals surface area contributed by atoms with E-state index in [4.69, 9.17) is 10.8 Å². The molecule has 1 aromatic rings. The maximum Gasteiger partial charge on any atom is 0.433 e. The van der Waals surface area contributed by atoms with Crippen LogP contribution in [0.2, 0.25) is 0 Å². The van der Waals surface area contributed by atoms with Gasteiger partial charge in [-0.1, -0.05) is 0 Å². The number of hydrogen-bond donors (Lipinski definition) is 0. The Hall–Kier alpha value is -1.84. The van der Waals surface area contributed by atoms with Crippen LogP contribution in [0.3, 0.4) is 0 Å². The number of rotatable bonds is 1. The Morgan fingerprint density at radius 1 is 1.29 bits per heavy atom. The van der Waals surface area contributed by atoms with Gasteiger partial charge in [0.1, 0.15) is 11.4 Å². The van der Waals surface area contributed by atoms with Crippen molar-refractivity contribution in [2.45, 2.75) is 6.18 Å². The number of nitrogens with zero attached hydrogens (tertiary/aromatic N) is 3. The highest BCUT2D eigenvalue weighted by Crippen LogP contribution is 2.27. The van der Waals surface area contributed by atoms with E-state index in [1.54, 1.807) is 0 Å². The maximum absolute atomic E-state index is 11.9. The van der Waals surface area contributed by atoms with Gasteiger partial charge in [-0.2, -0.15) is 13.2 Å². The molecule has 1 heterocycles. The quantitative estimate of drug-likeness (QED) is 0.658. The van der Waals surface area contributed by atoms with Crippen LogP contribution in [0.25, 0.3) is 0 Å². The Morgan fingerprint density at radius 2 is 1.86 bits per heavy atom. The number of hydrogen-bond acceptors (Lipinski definition) is 4. The topological polar surface area (TPSA) is 69.7 Å². The normalized spacial score (nSPS) is 9.86. The fourth-order valence-corrected chi connectivity index (χ4v) is 0.669. The molecular weight excluding hydrogens is 199 g/mol. The summed E-state index contributed by atoms with van der Waals surface area (Å²) in [6.07, 6.45) is -3.35. The van der Waals surface area contributed by atoms with E-state index in [1.807, 2.05) is 0 Å². The summed E-state index contributed by atoms with van der Waals surface area (Å²) >= 11 is 0. The first-order valence-corrected chi connectivity index (χ1v) is 3.31. The summed E-state index contributed by atoms with van der Waals surface area (Å²) in [6.45, 7) is 0. The monoisotopic (exact) mass is 205 g/mol. The van der Waals surface area contributed by atoms with Gasteiger partial charge in [-0.25, -0.2) is 4.98 Å². The molecule has 0 spiro atoms. The number of methoxy groups -OCH3 is 1. The highest BCUT2D eigenvalue weighted by atomic mass is 19.4. The third-order valence-electron chi connectivity index (χ3n) is 1.26. The second-order valence-corrected chi connectivity index (χ2v) is 2.08. The highest BCUT2D eigenvalue weighted by molar-refractivity contribution is 5.20. The molecule has 0 amide bonds. The maximum atomic E-state index is 11.9. The van der Waals surface area contributed by atoms with E-state index in [9.17, 15) is 13.2 Å². The molecule has 0 bridgehead atoms. The molecular formula is C7H6F3N3O. The minimum absolute atomic E-state index is 0.308. The zero-order valence-electron chi connectivity index (χ0n) is 7.12. The van der Waals surface area contributed by atoms with Crippen molar-refractivity contribution >= 4 is 0 Å². The number of halogens is 3. The van der Waals surface area contributed by atoms with Gasteiger partial charge in [0.25, 0.3) is 0 Å². The van der Waals surface area contributed by atoms with Gasteiger partial charge in [-0.05, 0) is 12.1 Å². The first-order chi connectivity index (χ1) is 6.54. The summed E-state index contributed by atoms with van der Waals surface area (Å²) in [5.41, 5.74) is -0.914. The summed E-state index contributed by atoms with van der Waals surface area (Å²) in [4.78, 5) is 3.17. The third-order valence-corrected chi connectivity index (χ3v) is 1.26. The second kappa shape index (κ2) is 5.01. The highest BCUT2D eigenvalue weighted by Gasteiger charge is 2.31. The zero-order chi connectivity index (χ0) is 11.2. The number of pyridine rings is 1. The van der Waals surface area contributed by atoms with Gasteiger partial charge in [-0.15, -0.1) is 0 Å². The average Bonchev–Trinajstić information content (AvgIpc) is 2.20. The summed E-state index contributed by atoms with van der Waals surface area (Å²) in [6, 6.07) is 2.09. The van der Waals surface area contributed by atoms with E-state index in [-0.39, 0.29) is 0 Å². The molecule has 0 saturated carbocycles. The molecule has 0 aliphatic rings. The van der Waals surface area contributed by atoms with Crippen LogP contribution >= 0.6 is 0 Å². The predicted octanol–water partition coefficient (Wildman–Crippen LogP) is 2.14. The zero-order valence-corrected chi connectivity index (χ0v) is 7.12. The van der Waals surface area contributed by atoms with Crippen molar-refractivity contribution in [3.63, 3.8) is 0 Å². The lowest BCUT2D eigenvalue weighted by molar-refractivity contribution is -0.141. The van der Waals surface area contributed by atoms with Crippen LogP contribution in [0.15, 0.2) is 18.3 Å². The summed E-state index contributed by atoms with van der Waals surface area (Å²) < 4.78 is 40.4. The predicted molar refractivity (Wildman–Crippen MR) is 39.2 cm³/mol. The molecule has 0 unspecified atom stereocenters. The molecule has 14 heavy (non-hydrogen) atoms. The molecule has 76 valence electrons. The molecule has 0 N–H and O–H groups in total. The lowest BCUT2D eigenvalue weighted by Crippen LogP contribution is -2.07. The van der Waals surface area contributed by atoms with Crippen LogP contribution < -0.4 is 4.74 Å². The SMILES string of the molecule is COc1ccc(C(F)(F)F)nc1.N#N. The van der Waals surface area contributed by atoms with Crippen LogP contribution in [0.4, 0.5) is 13.2 Å². The van der Waals surface area contributed by atoms with Gasteiger partial charge < -0.3 is 4.74 Å². The molecule has 0 aromatic carbocycles. The first kappa shape index (κ1) is 12.2. The standard InChI is InChI=1S/C7H6F3NO.N2/c1-12-5-2-3-6(11-4-5)7(8,9)10;1-2/h2-4H,1H3;. The molecule has 7 heteroatoms. The van der Waals surface area contributed by atoms with Crippen LogP contribution in [0, 0.1) is 10.8 Å². The van der Waals surface area contributed by atoms with E-state index in [1.165, 1.54) is 13.2 Å². The molecule has 1 aromatic heterocycles. The molecule has 0 fully saturated rings. The lowest BCUT2D eigenvalue weighted by atomic mass is 10.3. The largest absolute Gasteiger partial charge is 0.495 e. The van der Waals surface area contributed by atoms with Gasteiger partial charge in [-0.3, -0.25) is 0 Å². The van der Waals surface area contributed by atoms with E-state index < -0.39 is 11.9 Å². The van der Waals surface area contributed by atoms with E-state index in [2.05, 4.69) is 9.72 Å². The molecule has 4 nitrogen and oxygen atoms in total. The van der Waals surface area contributed by atoms with Gasteiger partial charge >= 0.3 is 6.18 Å². The number of aromatic nitrogens is 1. The van der Waals surface area contributed by atoms with Crippen molar-refractivity contribution in [1.29, 1.82) is 10.8 Å². The first-order valence-electron chi connectivity index (χ1n) is 3.31. The Balaban J connectivity index is 0.000000791. The van der Waals surface area contributed by atoms with Crippen molar-refractivity contribution in [3.8, 4) is 5.75 Å². The second-order valence-electron chi connectivity index (χ2n) is 2.08. The van der Waals surface area contributed by atoms with Crippen molar-refractivity contribution in [2.24, 2.45) is 0 Å². The fourth-order valence-electron chi connectivity index (χ4n) is 0.669. The Kier molecular flexibility index (Phi) is 4.35. The minimum atomic E-state index is -4.38. The fraction of sp³-hybridized carbons (Fsp3) is 0.286. The number of ether oxygens (including phenoxy) is 1. The molecule has 0 aliphatic carbocycles. The molecule has 0 saturated heterocycles. The van der Waals surface area contributed by atoms with Crippen molar-refractivity contribution < 1.29 is 17.9 Å². The minimum Gasteiger partial charge on any atom is -0.495 e. The van der Waals surface area contributed by atoms with Gasteiger partial charge in [0.15, 0.2) is 0 Å². The van der Waals surface area contributed by atoms with Gasteiger partial charge in [0, 0.05) is 10.8 Å². The molecule has 1 rings (SSSR count). The van der Waals surface area contributed by atoms with Crippen molar-refractivity contribution in [1.82, 2.24) is 4.98 Å². The Morgan fingerprint density at radius 3 is 2.14 bits per heavy atom. The van der Waals surface area contributed by atoms with Crippen LogP contribution in [0.5, 0.6) is 5.75 Å². The summed E-state index contributed by atoms with van der Waals surface area (Å²) in [7, 11) is 1.37. The van der Waals surface area contributed by atoms with Crippen LogP contribution in [-0.4, -0.2) is 12.1 Å². The third kappa shape index (κ3) is 3.26. The molecule has 0 atom stereocenters. The summed E-state index contributed by atoms with van der Waals surface area (Å²) in [5.74, 6) is 0.308. The van der Waals surface area contributed by atoms with E-state index in [0.717, 1.165) is 12.3 Å². The molecule has 0 aliphatic heterocycles. The van der Waals surface area contributed by atoms with Gasteiger partial charge in [0.05, 0.1) is 13.3 Å².